The van der Waals surface area contributed by atoms with Gasteiger partial charge >= 0.3 is 0 Å². The molecule has 9 heavy (non-hydrogen) atoms. The van der Waals surface area contributed by atoms with E-state index in [1.807, 2.05) is 0 Å². The lowest BCUT2D eigenvalue weighted by atomic mass is 9.72. The average molecular weight is 123 g/mol. The van der Waals surface area contributed by atoms with E-state index in [2.05, 4.69) is 11.9 Å². The molecule has 1 nitrogen and oxygen atoms in total. The summed E-state index contributed by atoms with van der Waals surface area (Å²) in [7, 11) is 0. The molecule has 1 heteroatoms. The smallest absolute Gasteiger partial charge is 0.0133 e. The van der Waals surface area contributed by atoms with Gasteiger partial charge in [0.25, 0.3) is 0 Å². The van der Waals surface area contributed by atoms with Crippen molar-refractivity contribution in [3.05, 3.63) is 12.2 Å². The first kappa shape index (κ1) is 5.48. The molecule has 50 valence electrons. The van der Waals surface area contributed by atoms with Crippen LogP contribution in [0, 0.1) is 5.92 Å². The number of nitrogens with one attached hydrogen (secondary N) is 1. The van der Waals surface area contributed by atoms with Crippen molar-refractivity contribution in [1.82, 2.24) is 5.32 Å². The number of hydrogen-bond donors (Lipinski definition) is 1. The molecule has 2 rings (SSSR count). The first-order valence-corrected chi connectivity index (χ1v) is 3.79. The van der Waals surface area contributed by atoms with Gasteiger partial charge in [-0.05, 0) is 31.7 Å². The van der Waals surface area contributed by atoms with Crippen molar-refractivity contribution in [2.24, 2.45) is 5.92 Å². The maximum absolute atomic E-state index is 4.06. The average Bonchev–Trinajstić information content (AvgIpc) is 1.74. The molecule has 0 spiro atoms. The van der Waals surface area contributed by atoms with Gasteiger partial charge in [0.15, 0.2) is 0 Å². The molecule has 1 N–H and O–H groups in total. The maximum atomic E-state index is 4.06. The molecule has 1 aliphatic heterocycles. The van der Waals surface area contributed by atoms with E-state index in [4.69, 9.17) is 0 Å². The molecule has 1 aliphatic carbocycles. The van der Waals surface area contributed by atoms with E-state index in [1.165, 1.54) is 31.4 Å². The maximum Gasteiger partial charge on any atom is 0.0133 e. The zero-order valence-electron chi connectivity index (χ0n) is 5.69. The molecular weight excluding hydrogens is 110 g/mol. The summed E-state index contributed by atoms with van der Waals surface area (Å²) in [5, 5.41) is 3.49. The fourth-order valence-electron chi connectivity index (χ4n) is 1.84. The monoisotopic (exact) mass is 123 g/mol. The van der Waals surface area contributed by atoms with Crippen LogP contribution in [-0.2, 0) is 0 Å². The molecule has 2 fully saturated rings. The van der Waals surface area contributed by atoms with Gasteiger partial charge in [0.1, 0.15) is 0 Å². The van der Waals surface area contributed by atoms with Crippen LogP contribution in [0.3, 0.4) is 0 Å². The number of rotatable bonds is 0. The normalized spacial score (nSPS) is 41.6. The quantitative estimate of drug-likeness (QED) is 0.479. The predicted molar refractivity (Wildman–Crippen MR) is 38.3 cm³/mol. The van der Waals surface area contributed by atoms with E-state index in [1.54, 1.807) is 0 Å². The van der Waals surface area contributed by atoms with Crippen LogP contribution in [0.5, 0.6) is 0 Å². The summed E-state index contributed by atoms with van der Waals surface area (Å²) in [6, 6.07) is 0.811. The van der Waals surface area contributed by atoms with Crippen LogP contribution in [-0.4, -0.2) is 12.6 Å². The Bertz CT molecular complexity index is 140. The van der Waals surface area contributed by atoms with Gasteiger partial charge in [-0.25, -0.2) is 0 Å². The van der Waals surface area contributed by atoms with Crippen LogP contribution in [0.4, 0.5) is 0 Å². The van der Waals surface area contributed by atoms with Crippen LogP contribution < -0.4 is 5.32 Å². The van der Waals surface area contributed by atoms with Crippen molar-refractivity contribution < 1.29 is 0 Å². The van der Waals surface area contributed by atoms with Crippen LogP contribution in [0.25, 0.3) is 0 Å². The Kier molecular flexibility index (Phi) is 1.12. The van der Waals surface area contributed by atoms with E-state index in [-0.39, 0.29) is 0 Å². The zero-order chi connectivity index (χ0) is 6.27. The lowest BCUT2D eigenvalue weighted by molar-refractivity contribution is 0.217. The Morgan fingerprint density at radius 3 is 2.78 bits per heavy atom. The molecule has 0 amide bonds. The Labute approximate surface area is 56.1 Å². The summed E-state index contributed by atoms with van der Waals surface area (Å²) in [6.07, 6.45) is 3.97. The summed E-state index contributed by atoms with van der Waals surface area (Å²) in [4.78, 5) is 0. The van der Waals surface area contributed by atoms with Crippen molar-refractivity contribution in [3.63, 3.8) is 0 Å². The Hall–Kier alpha value is -0.300. The van der Waals surface area contributed by atoms with E-state index in [9.17, 15) is 0 Å². The third-order valence-electron chi connectivity index (χ3n) is 2.65. The molecule has 0 aromatic carbocycles. The first-order chi connectivity index (χ1) is 4.38. The van der Waals surface area contributed by atoms with Crippen LogP contribution in [0.2, 0.25) is 0 Å². The molecule has 0 aromatic heterocycles. The highest BCUT2D eigenvalue weighted by atomic mass is 14.9. The Balaban J connectivity index is 2.06. The second kappa shape index (κ2) is 1.84. The summed E-state index contributed by atoms with van der Waals surface area (Å²) in [5.74, 6) is 0.846. The molecule has 2 unspecified atom stereocenters. The van der Waals surface area contributed by atoms with E-state index in [0.29, 0.717) is 0 Å². The third-order valence-corrected chi connectivity index (χ3v) is 2.65. The lowest BCUT2D eigenvalue weighted by Crippen LogP contribution is -2.48. The molecule has 2 aliphatic rings. The summed E-state index contributed by atoms with van der Waals surface area (Å²) < 4.78 is 0. The van der Waals surface area contributed by atoms with Crippen LogP contribution in [0.15, 0.2) is 12.2 Å². The molecule has 0 bridgehead atoms. The summed E-state index contributed by atoms with van der Waals surface area (Å²) >= 11 is 0. The van der Waals surface area contributed by atoms with Gasteiger partial charge in [0, 0.05) is 6.04 Å². The highest BCUT2D eigenvalue weighted by Gasteiger charge is 2.34. The van der Waals surface area contributed by atoms with Gasteiger partial charge in [-0.15, -0.1) is 0 Å². The fourth-order valence-corrected chi connectivity index (χ4v) is 1.84. The van der Waals surface area contributed by atoms with Crippen molar-refractivity contribution in [2.45, 2.75) is 25.3 Å². The molecular formula is C8H13N. The second-order valence-corrected chi connectivity index (χ2v) is 3.15. The van der Waals surface area contributed by atoms with Gasteiger partial charge < -0.3 is 5.32 Å². The SMILES string of the molecule is C=C1CCNC2CCC12. The Morgan fingerprint density at radius 1 is 1.44 bits per heavy atom. The van der Waals surface area contributed by atoms with Crippen LogP contribution in [0.1, 0.15) is 19.3 Å². The van der Waals surface area contributed by atoms with Crippen molar-refractivity contribution in [3.8, 4) is 0 Å². The highest BCUT2D eigenvalue weighted by molar-refractivity contribution is 5.13. The zero-order valence-corrected chi connectivity index (χ0v) is 5.69. The molecule has 0 aromatic rings. The summed E-state index contributed by atoms with van der Waals surface area (Å²) in [5.41, 5.74) is 1.49. The summed E-state index contributed by atoms with van der Waals surface area (Å²) in [6.45, 7) is 5.22. The van der Waals surface area contributed by atoms with Crippen molar-refractivity contribution in [2.75, 3.05) is 6.54 Å². The standard InChI is InChI=1S/C8H13N/c1-6-4-5-9-8-3-2-7(6)8/h7-9H,1-5H2. The fraction of sp³-hybridized carbons (Fsp3) is 0.750. The molecule has 0 radical (unpaired) electrons. The molecule has 1 heterocycles. The van der Waals surface area contributed by atoms with Crippen molar-refractivity contribution >= 4 is 0 Å². The molecule has 2 atom stereocenters. The predicted octanol–water partition coefficient (Wildman–Crippen LogP) is 1.31. The topological polar surface area (TPSA) is 12.0 Å². The molecule has 1 saturated heterocycles. The van der Waals surface area contributed by atoms with Crippen LogP contribution >= 0.6 is 0 Å². The number of fused-ring (bicyclic) bond motifs is 1. The van der Waals surface area contributed by atoms with E-state index in [0.717, 1.165) is 12.0 Å². The Morgan fingerprint density at radius 2 is 2.33 bits per heavy atom. The van der Waals surface area contributed by atoms with Gasteiger partial charge in [0.2, 0.25) is 0 Å². The first-order valence-electron chi connectivity index (χ1n) is 3.79. The minimum Gasteiger partial charge on any atom is -0.313 e. The second-order valence-electron chi connectivity index (χ2n) is 3.15. The van der Waals surface area contributed by atoms with Gasteiger partial charge in [-0.2, -0.15) is 0 Å². The minimum atomic E-state index is 0.811. The minimum absolute atomic E-state index is 0.811. The largest absolute Gasteiger partial charge is 0.313 e. The lowest BCUT2D eigenvalue weighted by Gasteiger charge is -2.42. The highest BCUT2D eigenvalue weighted by Crippen LogP contribution is 2.36. The molecule has 1 saturated carbocycles. The van der Waals surface area contributed by atoms with Gasteiger partial charge in [-0.1, -0.05) is 12.2 Å². The van der Waals surface area contributed by atoms with Gasteiger partial charge in [0.05, 0.1) is 0 Å². The van der Waals surface area contributed by atoms with E-state index < -0.39 is 0 Å². The van der Waals surface area contributed by atoms with Gasteiger partial charge in [-0.3, -0.25) is 0 Å². The van der Waals surface area contributed by atoms with Crippen molar-refractivity contribution in [1.29, 1.82) is 0 Å². The number of hydrogen-bond acceptors (Lipinski definition) is 1. The third kappa shape index (κ3) is 0.715. The number of piperidine rings is 1. The van der Waals surface area contributed by atoms with E-state index >= 15 is 0 Å².